The minimum absolute atomic E-state index is 0.0133. The van der Waals surface area contributed by atoms with Crippen molar-refractivity contribution in [2.45, 2.75) is 13.3 Å². The Hall–Kier alpha value is -3.72. The molecule has 2 aromatic carbocycles. The zero-order chi connectivity index (χ0) is 21.8. The average Bonchev–Trinajstić information content (AvgIpc) is 2.71. The third-order valence-electron chi connectivity index (χ3n) is 4.08. The molecule has 0 atom stereocenters. The Morgan fingerprint density at radius 2 is 1.93 bits per heavy atom. The van der Waals surface area contributed by atoms with Gasteiger partial charge in [-0.05, 0) is 30.7 Å². The number of nitro groups is 1. The van der Waals surface area contributed by atoms with E-state index in [4.69, 9.17) is 20.8 Å². The molecule has 1 N–H and O–H groups in total. The summed E-state index contributed by atoms with van der Waals surface area (Å²) in [4.78, 5) is 46.8. The lowest BCUT2D eigenvalue weighted by Crippen LogP contribution is -2.28. The van der Waals surface area contributed by atoms with Gasteiger partial charge in [0.25, 0.3) is 11.6 Å². The monoisotopic (exact) mass is 430 g/mol. The Balaban J connectivity index is 1.88. The molecule has 0 saturated heterocycles. The van der Waals surface area contributed by atoms with Crippen LogP contribution in [0.4, 0.5) is 5.69 Å². The first-order valence-electron chi connectivity index (χ1n) is 8.82. The maximum atomic E-state index is 12.4. The number of ether oxygens (including phenoxy) is 1. The number of hydrogen-bond donors (Lipinski definition) is 1. The number of esters is 1. The first kappa shape index (κ1) is 21.0. The molecule has 154 valence electrons. The lowest BCUT2D eigenvalue weighted by Gasteiger charge is -2.07. The summed E-state index contributed by atoms with van der Waals surface area (Å²) >= 11 is 5.94. The Bertz CT molecular complexity index is 1220. The molecule has 0 aliphatic carbocycles. The molecule has 3 rings (SSSR count). The van der Waals surface area contributed by atoms with Gasteiger partial charge in [-0.15, -0.1) is 0 Å². The van der Waals surface area contributed by atoms with E-state index in [1.54, 1.807) is 0 Å². The molecule has 0 fully saturated rings. The molecule has 1 aromatic heterocycles. The lowest BCUT2D eigenvalue weighted by atomic mass is 10.1. The first-order chi connectivity index (χ1) is 14.3. The number of carbonyl (C=O) groups excluding carboxylic acids is 2. The van der Waals surface area contributed by atoms with Crippen molar-refractivity contribution in [1.82, 2.24) is 5.32 Å². The van der Waals surface area contributed by atoms with Crippen molar-refractivity contribution in [3.05, 3.63) is 79.1 Å². The molecule has 1 amide bonds. The van der Waals surface area contributed by atoms with E-state index in [1.165, 1.54) is 30.3 Å². The highest BCUT2D eigenvalue weighted by molar-refractivity contribution is 6.33. The van der Waals surface area contributed by atoms with Crippen LogP contribution < -0.4 is 15.7 Å². The molecule has 9 nitrogen and oxygen atoms in total. The second-order valence-electron chi connectivity index (χ2n) is 6.21. The van der Waals surface area contributed by atoms with E-state index in [9.17, 15) is 24.5 Å². The summed E-state index contributed by atoms with van der Waals surface area (Å²) in [5.74, 6) is -1.43. The number of amides is 1. The summed E-state index contributed by atoms with van der Waals surface area (Å²) in [6, 6.07) is 9.01. The number of carbonyl (C=O) groups is 2. The van der Waals surface area contributed by atoms with Gasteiger partial charge in [0.15, 0.2) is 0 Å². The second-order valence-corrected chi connectivity index (χ2v) is 6.62. The van der Waals surface area contributed by atoms with Crippen LogP contribution in [0, 0.1) is 10.1 Å². The number of rotatable bonds is 6. The standard InChI is InChI=1S/C20H15ClN2O7/c1-2-7-22-18(24)15-8-11-3-5-13(10-17(11)30-20(15)26)29-19(25)14-9-12(23(27)28)4-6-16(14)21/h3-6,8-10H,2,7H2,1H3,(H,22,24). The van der Waals surface area contributed by atoms with Crippen LogP contribution in [0.15, 0.2) is 51.7 Å². The van der Waals surface area contributed by atoms with E-state index in [0.29, 0.717) is 18.4 Å². The van der Waals surface area contributed by atoms with Crippen LogP contribution in [0.2, 0.25) is 5.02 Å². The number of hydrogen-bond acceptors (Lipinski definition) is 7. The number of fused-ring (bicyclic) bond motifs is 1. The largest absolute Gasteiger partial charge is 0.423 e. The molecule has 1 heterocycles. The number of halogens is 1. The summed E-state index contributed by atoms with van der Waals surface area (Å²) in [6.07, 6.45) is 0.716. The zero-order valence-electron chi connectivity index (χ0n) is 15.6. The maximum absolute atomic E-state index is 12.4. The molecule has 0 unspecified atom stereocenters. The Kier molecular flexibility index (Phi) is 6.12. The highest BCUT2D eigenvalue weighted by atomic mass is 35.5. The third kappa shape index (κ3) is 4.47. The number of non-ortho nitro benzene ring substituents is 1. The minimum atomic E-state index is -0.916. The molecule has 10 heteroatoms. The maximum Gasteiger partial charge on any atom is 0.349 e. The number of nitrogens with zero attached hydrogens (tertiary/aromatic N) is 1. The predicted octanol–water partition coefficient (Wildman–Crippen LogP) is 3.71. The number of nitrogens with one attached hydrogen (secondary N) is 1. The molecule has 3 aromatic rings. The van der Waals surface area contributed by atoms with Gasteiger partial charge < -0.3 is 14.5 Å². The summed E-state index contributed by atoms with van der Waals surface area (Å²) in [5, 5.41) is 13.9. The van der Waals surface area contributed by atoms with Crippen molar-refractivity contribution in [2.75, 3.05) is 6.54 Å². The minimum Gasteiger partial charge on any atom is -0.423 e. The van der Waals surface area contributed by atoms with Crippen molar-refractivity contribution in [3.8, 4) is 5.75 Å². The van der Waals surface area contributed by atoms with Crippen LogP contribution in [-0.4, -0.2) is 23.3 Å². The molecule has 0 bridgehead atoms. The molecule has 0 saturated carbocycles. The topological polar surface area (TPSA) is 129 Å². The lowest BCUT2D eigenvalue weighted by molar-refractivity contribution is -0.384. The Morgan fingerprint density at radius 3 is 2.63 bits per heavy atom. The van der Waals surface area contributed by atoms with Crippen molar-refractivity contribution in [3.63, 3.8) is 0 Å². The van der Waals surface area contributed by atoms with E-state index < -0.39 is 22.4 Å². The molecular weight excluding hydrogens is 416 g/mol. The van der Waals surface area contributed by atoms with Gasteiger partial charge in [0, 0.05) is 30.1 Å². The van der Waals surface area contributed by atoms with Gasteiger partial charge in [-0.3, -0.25) is 14.9 Å². The quantitative estimate of drug-likeness (QED) is 0.207. The van der Waals surface area contributed by atoms with Gasteiger partial charge in [-0.25, -0.2) is 9.59 Å². The van der Waals surface area contributed by atoms with Gasteiger partial charge in [0.2, 0.25) is 0 Å². The Labute approximate surface area is 174 Å². The fraction of sp³-hybridized carbons (Fsp3) is 0.150. The normalized spacial score (nSPS) is 10.6. The third-order valence-corrected chi connectivity index (χ3v) is 4.41. The van der Waals surface area contributed by atoms with Crippen LogP contribution in [0.5, 0.6) is 5.75 Å². The van der Waals surface area contributed by atoms with E-state index >= 15 is 0 Å². The summed E-state index contributed by atoms with van der Waals surface area (Å²) in [6.45, 7) is 2.30. The second kappa shape index (κ2) is 8.75. The highest BCUT2D eigenvalue weighted by Gasteiger charge is 2.19. The van der Waals surface area contributed by atoms with Gasteiger partial charge >= 0.3 is 11.6 Å². The Morgan fingerprint density at radius 1 is 1.17 bits per heavy atom. The first-order valence-corrected chi connectivity index (χ1v) is 9.20. The van der Waals surface area contributed by atoms with Gasteiger partial charge in [0.1, 0.15) is 16.9 Å². The van der Waals surface area contributed by atoms with E-state index in [1.807, 2.05) is 6.92 Å². The smallest absolute Gasteiger partial charge is 0.349 e. The van der Waals surface area contributed by atoms with E-state index in [2.05, 4.69) is 5.32 Å². The van der Waals surface area contributed by atoms with Gasteiger partial charge in [-0.2, -0.15) is 0 Å². The van der Waals surface area contributed by atoms with Gasteiger partial charge in [0.05, 0.1) is 15.5 Å². The molecule has 0 spiro atoms. The van der Waals surface area contributed by atoms with Crippen molar-refractivity contribution in [1.29, 1.82) is 0 Å². The number of nitro benzene ring substituents is 1. The van der Waals surface area contributed by atoms with Crippen LogP contribution in [0.1, 0.15) is 34.1 Å². The SMILES string of the molecule is CCCNC(=O)c1cc2ccc(OC(=O)c3cc([N+](=O)[O-])ccc3Cl)cc2oc1=O. The van der Waals surface area contributed by atoms with Crippen LogP contribution in [0.25, 0.3) is 11.0 Å². The summed E-state index contributed by atoms with van der Waals surface area (Å²) in [5.41, 5.74) is -1.37. The molecule has 0 radical (unpaired) electrons. The van der Waals surface area contributed by atoms with Crippen LogP contribution in [0.3, 0.4) is 0 Å². The molecule has 30 heavy (non-hydrogen) atoms. The van der Waals surface area contributed by atoms with E-state index in [0.717, 1.165) is 12.1 Å². The molecule has 0 aliphatic rings. The summed E-state index contributed by atoms with van der Waals surface area (Å²) < 4.78 is 10.4. The zero-order valence-corrected chi connectivity index (χ0v) is 16.4. The van der Waals surface area contributed by atoms with Crippen molar-refractivity contribution in [2.24, 2.45) is 0 Å². The van der Waals surface area contributed by atoms with Gasteiger partial charge in [-0.1, -0.05) is 18.5 Å². The van der Waals surface area contributed by atoms with E-state index in [-0.39, 0.29) is 33.2 Å². The average molecular weight is 431 g/mol. The van der Waals surface area contributed by atoms with Crippen molar-refractivity contribution >= 4 is 40.1 Å². The number of benzene rings is 2. The molecule has 0 aliphatic heterocycles. The van der Waals surface area contributed by atoms with Crippen molar-refractivity contribution < 1.29 is 23.7 Å². The highest BCUT2D eigenvalue weighted by Crippen LogP contribution is 2.25. The van der Waals surface area contributed by atoms with Crippen LogP contribution >= 0.6 is 11.6 Å². The fourth-order valence-electron chi connectivity index (χ4n) is 2.59. The van der Waals surface area contributed by atoms with Crippen LogP contribution in [-0.2, 0) is 0 Å². The molecular formula is C20H15ClN2O7. The fourth-order valence-corrected chi connectivity index (χ4v) is 2.79. The predicted molar refractivity (Wildman–Crippen MR) is 108 cm³/mol. The summed E-state index contributed by atoms with van der Waals surface area (Å²) in [7, 11) is 0.